The summed E-state index contributed by atoms with van der Waals surface area (Å²) in [5, 5.41) is 11.2. The Labute approximate surface area is 124 Å². The minimum atomic E-state index is -0.423. The van der Waals surface area contributed by atoms with Crippen LogP contribution in [0, 0.1) is 10.1 Å². The first-order valence-electron chi connectivity index (χ1n) is 6.77. The van der Waals surface area contributed by atoms with Crippen LogP contribution in [0.5, 0.6) is 0 Å². The first-order chi connectivity index (χ1) is 9.40. The highest BCUT2D eigenvalue weighted by molar-refractivity contribution is 6.33. The molecule has 2 unspecified atom stereocenters. The second-order valence-electron chi connectivity index (χ2n) is 5.51. The Hall–Kier alpha value is -1.33. The second kappa shape index (κ2) is 5.97. The van der Waals surface area contributed by atoms with Crippen molar-refractivity contribution in [2.45, 2.75) is 31.8 Å². The molecule has 0 bridgehead atoms. The smallest absolute Gasteiger partial charge is 0.271 e. The quantitative estimate of drug-likeness (QED) is 0.635. The van der Waals surface area contributed by atoms with Crippen molar-refractivity contribution in [1.29, 1.82) is 0 Å². The standard InChI is InChI=1S/C14H20ClN3O2/c1-10-8-11(6-7-16(10)2)17(3)14-5-4-12(18(19)20)9-13(14)15/h4-5,9-11H,6-8H2,1-3H3. The minimum absolute atomic E-state index is 0.0314. The number of nitro groups is 1. The number of benzene rings is 1. The van der Waals surface area contributed by atoms with Crippen LogP contribution in [-0.2, 0) is 0 Å². The predicted octanol–water partition coefficient (Wildman–Crippen LogP) is 3.17. The van der Waals surface area contributed by atoms with Crippen molar-refractivity contribution in [3.05, 3.63) is 33.3 Å². The molecule has 110 valence electrons. The van der Waals surface area contributed by atoms with Crippen molar-refractivity contribution in [3.8, 4) is 0 Å². The van der Waals surface area contributed by atoms with E-state index in [-0.39, 0.29) is 5.69 Å². The molecule has 6 heteroatoms. The van der Waals surface area contributed by atoms with Crippen molar-refractivity contribution in [3.63, 3.8) is 0 Å². The van der Waals surface area contributed by atoms with E-state index >= 15 is 0 Å². The van der Waals surface area contributed by atoms with Crippen molar-refractivity contribution < 1.29 is 4.92 Å². The Bertz CT molecular complexity index is 509. The molecule has 5 nitrogen and oxygen atoms in total. The number of anilines is 1. The van der Waals surface area contributed by atoms with Gasteiger partial charge in [0.1, 0.15) is 0 Å². The molecular weight excluding hydrogens is 278 g/mol. The molecule has 0 aliphatic carbocycles. The van der Waals surface area contributed by atoms with E-state index in [9.17, 15) is 10.1 Å². The number of hydrogen-bond acceptors (Lipinski definition) is 4. The predicted molar refractivity (Wildman–Crippen MR) is 81.6 cm³/mol. The van der Waals surface area contributed by atoms with Gasteiger partial charge in [-0.05, 0) is 32.9 Å². The summed E-state index contributed by atoms with van der Waals surface area (Å²) in [6.07, 6.45) is 2.14. The van der Waals surface area contributed by atoms with Crippen molar-refractivity contribution in [1.82, 2.24) is 4.90 Å². The highest BCUT2D eigenvalue weighted by Gasteiger charge is 2.27. The van der Waals surface area contributed by atoms with Gasteiger partial charge < -0.3 is 9.80 Å². The fourth-order valence-electron chi connectivity index (χ4n) is 2.71. The van der Waals surface area contributed by atoms with Gasteiger partial charge in [-0.1, -0.05) is 11.6 Å². The lowest BCUT2D eigenvalue weighted by molar-refractivity contribution is -0.384. The van der Waals surface area contributed by atoms with E-state index in [4.69, 9.17) is 11.6 Å². The van der Waals surface area contributed by atoms with E-state index in [2.05, 4.69) is 23.8 Å². The third-order valence-corrected chi connectivity index (χ3v) is 4.55. The van der Waals surface area contributed by atoms with Gasteiger partial charge in [0.15, 0.2) is 0 Å². The van der Waals surface area contributed by atoms with Gasteiger partial charge >= 0.3 is 0 Å². The van der Waals surface area contributed by atoms with Crippen molar-refractivity contribution >= 4 is 23.0 Å². The number of piperidine rings is 1. The lowest BCUT2D eigenvalue weighted by Gasteiger charge is -2.40. The molecule has 20 heavy (non-hydrogen) atoms. The maximum Gasteiger partial charge on any atom is 0.271 e. The molecule has 1 heterocycles. The second-order valence-corrected chi connectivity index (χ2v) is 5.92. The van der Waals surface area contributed by atoms with E-state index in [0.29, 0.717) is 17.1 Å². The Morgan fingerprint density at radius 3 is 2.75 bits per heavy atom. The Morgan fingerprint density at radius 1 is 1.50 bits per heavy atom. The lowest BCUT2D eigenvalue weighted by atomic mass is 9.97. The molecule has 1 fully saturated rings. The zero-order chi connectivity index (χ0) is 14.9. The summed E-state index contributed by atoms with van der Waals surface area (Å²) in [7, 11) is 4.15. The van der Waals surface area contributed by atoms with Crippen molar-refractivity contribution in [2.75, 3.05) is 25.5 Å². The van der Waals surface area contributed by atoms with Gasteiger partial charge in [-0.15, -0.1) is 0 Å². The third kappa shape index (κ3) is 3.04. The van der Waals surface area contributed by atoms with Crippen LogP contribution in [0.25, 0.3) is 0 Å². The van der Waals surface area contributed by atoms with E-state index in [1.807, 2.05) is 7.05 Å². The number of likely N-dealkylation sites (tertiary alicyclic amines) is 1. The Kier molecular flexibility index (Phi) is 4.50. The number of non-ortho nitro benzene ring substituents is 1. The summed E-state index contributed by atoms with van der Waals surface area (Å²) in [4.78, 5) is 14.8. The molecule has 2 atom stereocenters. The van der Waals surface area contributed by atoms with Crippen LogP contribution in [0.15, 0.2) is 18.2 Å². The summed E-state index contributed by atoms with van der Waals surface area (Å²) in [6.45, 7) is 3.28. The third-order valence-electron chi connectivity index (χ3n) is 4.25. The van der Waals surface area contributed by atoms with Gasteiger partial charge in [0.2, 0.25) is 0 Å². The molecule has 1 aliphatic rings. The molecule has 0 saturated carbocycles. The summed E-state index contributed by atoms with van der Waals surface area (Å²) in [5.74, 6) is 0. The largest absolute Gasteiger partial charge is 0.370 e. The van der Waals surface area contributed by atoms with Crippen LogP contribution in [0.4, 0.5) is 11.4 Å². The molecule has 0 radical (unpaired) electrons. The zero-order valence-corrected chi connectivity index (χ0v) is 12.8. The number of nitro benzene ring substituents is 1. The van der Waals surface area contributed by atoms with Gasteiger partial charge in [0, 0.05) is 37.8 Å². The molecule has 0 aromatic heterocycles. The molecular formula is C14H20ClN3O2. The average molecular weight is 298 g/mol. The summed E-state index contributed by atoms with van der Waals surface area (Å²) >= 11 is 6.20. The normalized spacial score (nSPS) is 23.6. The molecule has 0 amide bonds. The number of rotatable bonds is 3. The highest BCUT2D eigenvalue weighted by atomic mass is 35.5. The van der Waals surface area contributed by atoms with Crippen LogP contribution in [0.2, 0.25) is 5.02 Å². The monoisotopic (exact) mass is 297 g/mol. The Morgan fingerprint density at radius 2 is 2.20 bits per heavy atom. The van der Waals surface area contributed by atoms with E-state index in [1.54, 1.807) is 6.07 Å². The SMILES string of the molecule is CC1CC(N(C)c2ccc([N+](=O)[O-])cc2Cl)CCN1C. The van der Waals surface area contributed by atoms with Gasteiger partial charge in [0.25, 0.3) is 5.69 Å². The van der Waals surface area contributed by atoms with E-state index < -0.39 is 4.92 Å². The molecule has 2 rings (SSSR count). The number of nitrogens with zero attached hydrogens (tertiary/aromatic N) is 3. The van der Waals surface area contributed by atoms with Crippen molar-refractivity contribution in [2.24, 2.45) is 0 Å². The molecule has 1 saturated heterocycles. The topological polar surface area (TPSA) is 49.6 Å². The molecule has 1 aliphatic heterocycles. The fourth-order valence-corrected chi connectivity index (χ4v) is 3.02. The molecule has 0 N–H and O–H groups in total. The van der Waals surface area contributed by atoms with Crippen LogP contribution in [-0.4, -0.2) is 42.5 Å². The minimum Gasteiger partial charge on any atom is -0.370 e. The lowest BCUT2D eigenvalue weighted by Crippen LogP contribution is -2.46. The maximum absolute atomic E-state index is 10.7. The molecule has 1 aromatic carbocycles. The van der Waals surface area contributed by atoms with Crippen LogP contribution in [0.1, 0.15) is 19.8 Å². The summed E-state index contributed by atoms with van der Waals surface area (Å²) in [6, 6.07) is 5.62. The van der Waals surface area contributed by atoms with Gasteiger partial charge in [-0.25, -0.2) is 0 Å². The average Bonchev–Trinajstić information content (AvgIpc) is 2.41. The van der Waals surface area contributed by atoms with E-state index in [1.165, 1.54) is 12.1 Å². The van der Waals surface area contributed by atoms with Crippen LogP contribution >= 0.6 is 11.6 Å². The van der Waals surface area contributed by atoms with Gasteiger partial charge in [-0.3, -0.25) is 10.1 Å². The summed E-state index contributed by atoms with van der Waals surface area (Å²) in [5.41, 5.74) is 0.892. The molecule has 1 aromatic rings. The number of hydrogen-bond donors (Lipinski definition) is 0. The fraction of sp³-hybridized carbons (Fsp3) is 0.571. The Balaban J connectivity index is 2.17. The number of halogens is 1. The first-order valence-corrected chi connectivity index (χ1v) is 7.15. The first kappa shape index (κ1) is 15.1. The van der Waals surface area contributed by atoms with Crippen LogP contribution < -0.4 is 4.90 Å². The van der Waals surface area contributed by atoms with Gasteiger partial charge in [-0.2, -0.15) is 0 Å². The van der Waals surface area contributed by atoms with E-state index in [0.717, 1.165) is 25.1 Å². The van der Waals surface area contributed by atoms with Crippen LogP contribution in [0.3, 0.4) is 0 Å². The van der Waals surface area contributed by atoms with Gasteiger partial charge in [0.05, 0.1) is 15.6 Å². The maximum atomic E-state index is 10.7. The zero-order valence-electron chi connectivity index (χ0n) is 12.0. The summed E-state index contributed by atoms with van der Waals surface area (Å²) < 4.78 is 0. The highest BCUT2D eigenvalue weighted by Crippen LogP contribution is 2.32. The molecule has 0 spiro atoms.